The molecule has 0 spiro atoms. The van der Waals surface area contributed by atoms with Gasteiger partial charge in [-0.1, -0.05) is 24.3 Å². The molecule has 1 heterocycles. The number of rotatable bonds is 3. The number of carbonyl (C=O) groups excluding carboxylic acids is 1. The van der Waals surface area contributed by atoms with Gasteiger partial charge in [-0.25, -0.2) is 4.99 Å². The molecular formula is C19H18N2OS2. The first-order valence-electron chi connectivity index (χ1n) is 7.56. The lowest BCUT2D eigenvalue weighted by molar-refractivity contribution is -0.115. The van der Waals surface area contributed by atoms with Crippen molar-refractivity contribution in [3.63, 3.8) is 0 Å². The summed E-state index contributed by atoms with van der Waals surface area (Å²) in [6.07, 6.45) is 3.94. The Bertz CT molecular complexity index is 839. The lowest BCUT2D eigenvalue weighted by Crippen LogP contribution is -2.19. The number of amidine groups is 1. The summed E-state index contributed by atoms with van der Waals surface area (Å²) in [5.41, 5.74) is 4.15. The van der Waals surface area contributed by atoms with Crippen molar-refractivity contribution in [3.8, 4) is 0 Å². The number of carbonyl (C=O) groups is 1. The second-order valence-electron chi connectivity index (χ2n) is 5.54. The highest BCUT2D eigenvalue weighted by atomic mass is 32.2. The van der Waals surface area contributed by atoms with Gasteiger partial charge < -0.3 is 5.32 Å². The fourth-order valence-electron chi connectivity index (χ4n) is 2.28. The summed E-state index contributed by atoms with van der Waals surface area (Å²) in [5, 5.41) is 3.47. The molecule has 2 aromatic carbocycles. The second-order valence-corrected chi connectivity index (χ2v) is 7.46. The van der Waals surface area contributed by atoms with Crippen LogP contribution in [-0.4, -0.2) is 17.3 Å². The van der Waals surface area contributed by atoms with Crippen LogP contribution in [0, 0.1) is 13.8 Å². The molecule has 3 rings (SSSR count). The van der Waals surface area contributed by atoms with E-state index < -0.39 is 0 Å². The van der Waals surface area contributed by atoms with Crippen LogP contribution in [0.3, 0.4) is 0 Å². The summed E-state index contributed by atoms with van der Waals surface area (Å²) in [4.78, 5) is 18.6. The maximum absolute atomic E-state index is 12.2. The number of aliphatic imine (C=N–C) groups is 1. The van der Waals surface area contributed by atoms with Crippen LogP contribution in [0.5, 0.6) is 0 Å². The number of amides is 1. The molecule has 1 aliphatic heterocycles. The first-order chi connectivity index (χ1) is 11.5. The quantitative estimate of drug-likeness (QED) is 0.628. The molecule has 2 aromatic rings. The Labute approximate surface area is 150 Å². The molecule has 0 saturated carbocycles. The van der Waals surface area contributed by atoms with Crippen LogP contribution in [-0.2, 0) is 4.79 Å². The van der Waals surface area contributed by atoms with Gasteiger partial charge >= 0.3 is 0 Å². The van der Waals surface area contributed by atoms with Gasteiger partial charge in [-0.05, 0) is 72.8 Å². The Balaban J connectivity index is 1.83. The van der Waals surface area contributed by atoms with Crippen LogP contribution >= 0.6 is 23.5 Å². The maximum Gasteiger partial charge on any atom is 0.264 e. The van der Waals surface area contributed by atoms with E-state index in [2.05, 4.69) is 28.5 Å². The third-order valence-corrected chi connectivity index (χ3v) is 5.30. The predicted molar refractivity (Wildman–Crippen MR) is 105 cm³/mol. The van der Waals surface area contributed by atoms with E-state index >= 15 is 0 Å². The Hall–Kier alpha value is -1.98. The third-order valence-electron chi connectivity index (χ3n) is 3.65. The molecule has 3 nitrogen and oxygen atoms in total. The van der Waals surface area contributed by atoms with Gasteiger partial charge in [0.15, 0.2) is 5.17 Å². The topological polar surface area (TPSA) is 41.5 Å². The maximum atomic E-state index is 12.2. The average Bonchev–Trinajstić information content (AvgIpc) is 2.91. The second kappa shape index (κ2) is 7.28. The van der Waals surface area contributed by atoms with E-state index in [1.807, 2.05) is 50.4 Å². The summed E-state index contributed by atoms with van der Waals surface area (Å²) >= 11 is 3.08. The standard InChI is InChI=1S/C19H18N2OS2/c1-12-4-5-13(2)16(10-12)20-19-21-18(22)17(24-19)11-14-6-8-15(23-3)9-7-14/h4-11H,1-3H3,(H,20,21,22). The number of thioether (sulfide) groups is 2. The number of nitrogens with one attached hydrogen (secondary N) is 1. The van der Waals surface area contributed by atoms with Crippen molar-refractivity contribution in [2.75, 3.05) is 6.26 Å². The fourth-order valence-corrected chi connectivity index (χ4v) is 3.52. The van der Waals surface area contributed by atoms with Gasteiger partial charge in [-0.3, -0.25) is 4.79 Å². The van der Waals surface area contributed by atoms with Crippen molar-refractivity contribution in [2.45, 2.75) is 18.7 Å². The van der Waals surface area contributed by atoms with E-state index in [0.717, 1.165) is 22.4 Å². The molecule has 1 saturated heterocycles. The lowest BCUT2D eigenvalue weighted by Gasteiger charge is -2.02. The van der Waals surface area contributed by atoms with Crippen molar-refractivity contribution in [2.24, 2.45) is 4.99 Å². The number of hydrogen-bond acceptors (Lipinski definition) is 4. The summed E-state index contributed by atoms with van der Waals surface area (Å²) in [6, 6.07) is 14.3. The van der Waals surface area contributed by atoms with E-state index in [9.17, 15) is 4.79 Å². The molecule has 0 atom stereocenters. The minimum atomic E-state index is -0.0991. The highest BCUT2D eigenvalue weighted by Gasteiger charge is 2.23. The molecule has 24 heavy (non-hydrogen) atoms. The van der Waals surface area contributed by atoms with Crippen molar-refractivity contribution in [1.29, 1.82) is 0 Å². The zero-order valence-corrected chi connectivity index (χ0v) is 15.4. The molecule has 0 unspecified atom stereocenters. The fraction of sp³-hybridized carbons (Fsp3) is 0.158. The Morgan fingerprint density at radius 3 is 2.58 bits per heavy atom. The van der Waals surface area contributed by atoms with Crippen molar-refractivity contribution in [3.05, 3.63) is 64.1 Å². The number of benzene rings is 2. The van der Waals surface area contributed by atoms with Crippen molar-refractivity contribution >= 4 is 46.4 Å². The summed E-state index contributed by atoms with van der Waals surface area (Å²) in [6.45, 7) is 4.05. The van der Waals surface area contributed by atoms with Crippen LogP contribution < -0.4 is 5.32 Å². The SMILES string of the molecule is CSc1ccc(C=C2SC(=Nc3cc(C)ccc3C)NC2=O)cc1. The monoisotopic (exact) mass is 354 g/mol. The summed E-state index contributed by atoms with van der Waals surface area (Å²) < 4.78 is 0. The van der Waals surface area contributed by atoms with Gasteiger partial charge in [0, 0.05) is 4.90 Å². The van der Waals surface area contributed by atoms with E-state index in [-0.39, 0.29) is 5.91 Å². The predicted octanol–water partition coefficient (Wildman–Crippen LogP) is 4.92. The molecule has 1 aliphatic rings. The van der Waals surface area contributed by atoms with E-state index in [1.54, 1.807) is 11.8 Å². The van der Waals surface area contributed by atoms with Gasteiger partial charge in [-0.15, -0.1) is 11.8 Å². The van der Waals surface area contributed by atoms with Crippen LogP contribution in [0.25, 0.3) is 6.08 Å². The Morgan fingerprint density at radius 2 is 1.88 bits per heavy atom. The van der Waals surface area contributed by atoms with Gasteiger partial charge in [-0.2, -0.15) is 0 Å². The first-order valence-corrected chi connectivity index (χ1v) is 9.60. The zero-order chi connectivity index (χ0) is 17.1. The molecule has 0 bridgehead atoms. The largest absolute Gasteiger partial charge is 0.300 e. The molecule has 0 aliphatic carbocycles. The third kappa shape index (κ3) is 3.91. The molecule has 0 radical (unpaired) electrons. The Kier molecular flexibility index (Phi) is 5.11. The summed E-state index contributed by atoms with van der Waals surface area (Å²) in [7, 11) is 0. The smallest absolute Gasteiger partial charge is 0.264 e. The molecule has 1 fully saturated rings. The normalized spacial score (nSPS) is 17.5. The van der Waals surface area contributed by atoms with E-state index in [1.165, 1.54) is 16.7 Å². The zero-order valence-electron chi connectivity index (χ0n) is 13.8. The number of nitrogens with zero attached hydrogens (tertiary/aromatic N) is 1. The van der Waals surface area contributed by atoms with Gasteiger partial charge in [0.25, 0.3) is 5.91 Å². The molecule has 0 aromatic heterocycles. The first kappa shape index (κ1) is 16.9. The highest BCUT2D eigenvalue weighted by molar-refractivity contribution is 8.18. The van der Waals surface area contributed by atoms with Gasteiger partial charge in [0.1, 0.15) is 0 Å². The van der Waals surface area contributed by atoms with Crippen LogP contribution in [0.15, 0.2) is 57.3 Å². The van der Waals surface area contributed by atoms with Crippen LogP contribution in [0.4, 0.5) is 5.69 Å². The molecule has 1 amide bonds. The molecular weight excluding hydrogens is 336 g/mol. The van der Waals surface area contributed by atoms with E-state index in [0.29, 0.717) is 10.1 Å². The number of aryl methyl sites for hydroxylation is 2. The minimum Gasteiger partial charge on any atom is -0.300 e. The van der Waals surface area contributed by atoms with Crippen molar-refractivity contribution in [1.82, 2.24) is 5.32 Å². The average molecular weight is 355 g/mol. The Morgan fingerprint density at radius 1 is 1.12 bits per heavy atom. The van der Waals surface area contributed by atoms with Crippen molar-refractivity contribution < 1.29 is 4.79 Å². The molecule has 1 N–H and O–H groups in total. The van der Waals surface area contributed by atoms with Gasteiger partial charge in [0.2, 0.25) is 0 Å². The number of hydrogen-bond donors (Lipinski definition) is 1. The minimum absolute atomic E-state index is 0.0991. The van der Waals surface area contributed by atoms with E-state index in [4.69, 9.17) is 0 Å². The lowest BCUT2D eigenvalue weighted by atomic mass is 10.1. The molecule has 5 heteroatoms. The highest BCUT2D eigenvalue weighted by Crippen LogP contribution is 2.29. The molecule has 122 valence electrons. The van der Waals surface area contributed by atoms with Crippen LogP contribution in [0.1, 0.15) is 16.7 Å². The van der Waals surface area contributed by atoms with Crippen LogP contribution in [0.2, 0.25) is 0 Å². The van der Waals surface area contributed by atoms with Gasteiger partial charge in [0.05, 0.1) is 10.6 Å². The summed E-state index contributed by atoms with van der Waals surface area (Å²) in [5.74, 6) is -0.0991.